The topological polar surface area (TPSA) is 75.3 Å². The maximum atomic E-state index is 12.4. The van der Waals surface area contributed by atoms with Gasteiger partial charge in [0.1, 0.15) is 0 Å². The molecule has 0 aliphatic heterocycles. The number of anilines is 1. The molecule has 0 aliphatic carbocycles. The molecular formula is C21H28N2O3S. The molecule has 0 saturated carbocycles. The molecule has 0 spiro atoms. The van der Waals surface area contributed by atoms with Gasteiger partial charge in [-0.1, -0.05) is 50.6 Å². The molecule has 0 bridgehead atoms. The second-order valence-corrected chi connectivity index (χ2v) is 9.69. The monoisotopic (exact) mass is 388 g/mol. The van der Waals surface area contributed by atoms with E-state index in [9.17, 15) is 13.2 Å². The summed E-state index contributed by atoms with van der Waals surface area (Å²) < 4.78 is 27.2. The van der Waals surface area contributed by atoms with Crippen LogP contribution in [0.1, 0.15) is 43.0 Å². The number of aryl methyl sites for hydroxylation is 3. The third-order valence-electron chi connectivity index (χ3n) is 4.39. The molecule has 2 aromatic carbocycles. The Morgan fingerprint density at radius 1 is 0.963 bits per heavy atom. The Morgan fingerprint density at radius 3 is 1.96 bits per heavy atom. The lowest BCUT2D eigenvalue weighted by Gasteiger charge is -2.19. The summed E-state index contributed by atoms with van der Waals surface area (Å²) >= 11 is 0. The summed E-state index contributed by atoms with van der Waals surface area (Å²) in [6.07, 6.45) is 0. The first-order valence-corrected chi connectivity index (χ1v) is 10.4. The number of benzene rings is 2. The van der Waals surface area contributed by atoms with Crippen molar-refractivity contribution in [3.05, 3.63) is 58.7 Å². The van der Waals surface area contributed by atoms with Crippen molar-refractivity contribution in [3.63, 3.8) is 0 Å². The van der Waals surface area contributed by atoms with Gasteiger partial charge in [-0.2, -0.15) is 0 Å². The fourth-order valence-corrected chi connectivity index (χ4v) is 3.92. The number of hydrogen-bond acceptors (Lipinski definition) is 3. The van der Waals surface area contributed by atoms with E-state index in [1.807, 2.05) is 32.9 Å². The van der Waals surface area contributed by atoms with E-state index in [4.69, 9.17) is 0 Å². The Labute approximate surface area is 162 Å². The maximum Gasteiger partial charge on any atom is 0.241 e. The Balaban J connectivity index is 2.06. The molecule has 2 N–H and O–H groups in total. The predicted octanol–water partition coefficient (Wildman–Crippen LogP) is 3.83. The highest BCUT2D eigenvalue weighted by Crippen LogP contribution is 2.24. The van der Waals surface area contributed by atoms with E-state index in [2.05, 4.69) is 30.8 Å². The fourth-order valence-electron chi connectivity index (χ4n) is 2.94. The first kappa shape index (κ1) is 21.1. The number of carbonyl (C=O) groups excluding carboxylic acids is 1. The smallest absolute Gasteiger partial charge is 0.241 e. The van der Waals surface area contributed by atoms with Crippen molar-refractivity contribution in [1.82, 2.24) is 4.72 Å². The van der Waals surface area contributed by atoms with Crippen molar-refractivity contribution in [2.24, 2.45) is 0 Å². The third-order valence-corrected chi connectivity index (χ3v) is 5.81. The van der Waals surface area contributed by atoms with E-state index in [-0.39, 0.29) is 16.9 Å². The number of nitrogens with one attached hydrogen (secondary N) is 2. The van der Waals surface area contributed by atoms with Gasteiger partial charge in [0.2, 0.25) is 15.9 Å². The fraction of sp³-hybridized carbons (Fsp3) is 0.381. The molecule has 6 heteroatoms. The van der Waals surface area contributed by atoms with Gasteiger partial charge in [-0.25, -0.2) is 13.1 Å². The van der Waals surface area contributed by atoms with Crippen LogP contribution in [0.2, 0.25) is 0 Å². The van der Waals surface area contributed by atoms with E-state index < -0.39 is 15.9 Å². The molecule has 0 saturated heterocycles. The summed E-state index contributed by atoms with van der Waals surface area (Å²) in [7, 11) is -3.75. The van der Waals surface area contributed by atoms with Crippen molar-refractivity contribution in [1.29, 1.82) is 0 Å². The molecule has 0 aliphatic rings. The third kappa shape index (κ3) is 5.40. The highest BCUT2D eigenvalue weighted by atomic mass is 32.2. The van der Waals surface area contributed by atoms with Crippen molar-refractivity contribution in [3.8, 4) is 0 Å². The molecule has 1 amide bonds. The predicted molar refractivity (Wildman–Crippen MR) is 110 cm³/mol. The van der Waals surface area contributed by atoms with Crippen molar-refractivity contribution in [2.45, 2.75) is 51.9 Å². The zero-order valence-electron chi connectivity index (χ0n) is 16.8. The van der Waals surface area contributed by atoms with Crippen molar-refractivity contribution >= 4 is 21.6 Å². The summed E-state index contributed by atoms with van der Waals surface area (Å²) in [5, 5.41) is 2.79. The Hall–Kier alpha value is -2.18. The zero-order valence-corrected chi connectivity index (χ0v) is 17.6. The normalized spacial score (nSPS) is 12.1. The minimum Gasteiger partial charge on any atom is -0.324 e. The van der Waals surface area contributed by atoms with Gasteiger partial charge in [-0.15, -0.1) is 0 Å². The Kier molecular flexibility index (Phi) is 6.12. The van der Waals surface area contributed by atoms with E-state index in [0.717, 1.165) is 27.9 Å². The second-order valence-electron chi connectivity index (χ2n) is 7.92. The van der Waals surface area contributed by atoms with E-state index in [1.54, 1.807) is 24.3 Å². The lowest BCUT2D eigenvalue weighted by atomic mass is 9.87. The Morgan fingerprint density at radius 2 is 1.48 bits per heavy atom. The van der Waals surface area contributed by atoms with Gasteiger partial charge in [-0.05, 0) is 55.0 Å². The zero-order chi connectivity index (χ0) is 20.4. The summed E-state index contributed by atoms with van der Waals surface area (Å²) in [6, 6.07) is 10.7. The lowest BCUT2D eigenvalue weighted by Crippen LogP contribution is -2.33. The van der Waals surface area contributed by atoms with Crippen LogP contribution in [0.25, 0.3) is 0 Å². The van der Waals surface area contributed by atoms with Crippen LogP contribution < -0.4 is 10.0 Å². The highest BCUT2D eigenvalue weighted by Gasteiger charge is 2.18. The minimum atomic E-state index is -3.75. The van der Waals surface area contributed by atoms with Crippen LogP contribution in [0.15, 0.2) is 41.3 Å². The van der Waals surface area contributed by atoms with Crippen LogP contribution in [0.4, 0.5) is 5.69 Å². The molecule has 2 rings (SSSR count). The van der Waals surface area contributed by atoms with Gasteiger partial charge >= 0.3 is 0 Å². The maximum absolute atomic E-state index is 12.4. The van der Waals surface area contributed by atoms with Crippen molar-refractivity contribution < 1.29 is 13.2 Å². The Bertz CT molecular complexity index is 917. The van der Waals surface area contributed by atoms with Crippen LogP contribution >= 0.6 is 0 Å². The van der Waals surface area contributed by atoms with Crippen LogP contribution in [0.3, 0.4) is 0 Å². The lowest BCUT2D eigenvalue weighted by molar-refractivity contribution is -0.115. The van der Waals surface area contributed by atoms with Crippen LogP contribution in [0.5, 0.6) is 0 Å². The molecule has 0 aromatic heterocycles. The molecule has 2 aromatic rings. The number of hydrogen-bond donors (Lipinski definition) is 2. The molecule has 146 valence electrons. The van der Waals surface area contributed by atoms with Gasteiger partial charge in [0.15, 0.2) is 0 Å². The average Bonchev–Trinajstić information content (AvgIpc) is 2.55. The summed E-state index contributed by atoms with van der Waals surface area (Å²) in [5.74, 6) is -0.403. The summed E-state index contributed by atoms with van der Waals surface area (Å²) in [6.45, 7) is 11.7. The second kappa shape index (κ2) is 7.82. The van der Waals surface area contributed by atoms with Crippen LogP contribution in [-0.2, 0) is 20.2 Å². The molecule has 5 nitrogen and oxygen atoms in total. The van der Waals surface area contributed by atoms with E-state index in [0.29, 0.717) is 0 Å². The average molecular weight is 389 g/mol. The van der Waals surface area contributed by atoms with E-state index in [1.165, 1.54) is 0 Å². The quantitative estimate of drug-likeness (QED) is 0.817. The van der Waals surface area contributed by atoms with Crippen molar-refractivity contribution in [2.75, 3.05) is 11.9 Å². The molecule has 0 unspecified atom stereocenters. The first-order valence-electron chi connectivity index (χ1n) is 8.88. The number of amides is 1. The van der Waals surface area contributed by atoms with Gasteiger partial charge in [0.25, 0.3) is 0 Å². The number of rotatable bonds is 5. The molecule has 0 fully saturated rings. The molecule has 0 atom stereocenters. The van der Waals surface area contributed by atoms with Gasteiger partial charge in [0.05, 0.1) is 11.4 Å². The number of carbonyl (C=O) groups is 1. The summed E-state index contributed by atoms with van der Waals surface area (Å²) in [5.41, 5.74) is 4.72. The van der Waals surface area contributed by atoms with Gasteiger partial charge < -0.3 is 5.32 Å². The SMILES string of the molecule is Cc1cc(C)c(NC(=O)CNS(=O)(=O)c2ccc(C(C)(C)C)cc2)c(C)c1. The highest BCUT2D eigenvalue weighted by molar-refractivity contribution is 7.89. The molecule has 27 heavy (non-hydrogen) atoms. The van der Waals surface area contributed by atoms with Gasteiger partial charge in [0, 0.05) is 5.69 Å². The van der Waals surface area contributed by atoms with E-state index >= 15 is 0 Å². The molecular weight excluding hydrogens is 360 g/mol. The number of sulfonamides is 1. The van der Waals surface area contributed by atoms with Gasteiger partial charge in [-0.3, -0.25) is 4.79 Å². The standard InChI is InChI=1S/C21H28N2O3S/c1-14-11-15(2)20(16(3)12-14)23-19(24)13-22-27(25,26)18-9-7-17(8-10-18)21(4,5)6/h7-12,22H,13H2,1-6H3,(H,23,24). The first-order chi connectivity index (χ1) is 12.4. The minimum absolute atomic E-state index is 0.0562. The molecule has 0 heterocycles. The molecule has 0 radical (unpaired) electrons. The summed E-state index contributed by atoms with van der Waals surface area (Å²) in [4.78, 5) is 12.4. The van der Waals surface area contributed by atoms with Crippen LogP contribution in [0, 0.1) is 20.8 Å². The largest absolute Gasteiger partial charge is 0.324 e. The van der Waals surface area contributed by atoms with Crippen LogP contribution in [-0.4, -0.2) is 20.9 Å².